The van der Waals surface area contributed by atoms with Crippen molar-refractivity contribution in [3.63, 3.8) is 0 Å². The Hall–Kier alpha value is -3.04. The van der Waals surface area contributed by atoms with Gasteiger partial charge in [0.25, 0.3) is 11.6 Å². The first-order valence-corrected chi connectivity index (χ1v) is 8.63. The first kappa shape index (κ1) is 18.7. The molecule has 1 aromatic heterocycles. The molecule has 0 aliphatic carbocycles. The van der Waals surface area contributed by atoms with Crippen LogP contribution < -0.4 is 5.32 Å². The quantitative estimate of drug-likeness (QED) is 0.383. The van der Waals surface area contributed by atoms with Crippen molar-refractivity contribution in [2.24, 2.45) is 0 Å². The van der Waals surface area contributed by atoms with Crippen LogP contribution in [-0.2, 0) is 9.53 Å². The van der Waals surface area contributed by atoms with Crippen LogP contribution in [0.25, 0.3) is 10.1 Å². The number of nitrogens with one attached hydrogen (secondary N) is 1. The predicted octanol–water partition coefficient (Wildman–Crippen LogP) is 4.40. The number of nitro benzene ring substituents is 1. The van der Waals surface area contributed by atoms with Crippen LogP contribution in [-0.4, -0.2) is 23.4 Å². The zero-order valence-corrected chi connectivity index (χ0v) is 15.0. The molecule has 0 radical (unpaired) electrons. The molecule has 3 rings (SSSR count). The molecule has 0 bridgehead atoms. The number of carbonyl (C=O) groups excluding carboxylic acids is 2. The molecule has 7 nitrogen and oxygen atoms in total. The zero-order chi connectivity index (χ0) is 19.6. The second-order valence-electron chi connectivity index (χ2n) is 5.34. The molecule has 0 aliphatic rings. The van der Waals surface area contributed by atoms with Gasteiger partial charge in [0.15, 0.2) is 6.61 Å². The van der Waals surface area contributed by atoms with Crippen LogP contribution in [0, 0.1) is 15.9 Å². The van der Waals surface area contributed by atoms with E-state index >= 15 is 0 Å². The molecule has 0 aliphatic heterocycles. The largest absolute Gasteiger partial charge is 0.451 e. The molecule has 1 heterocycles. The minimum Gasteiger partial charge on any atom is -0.451 e. The Labute approximate surface area is 160 Å². The number of nitrogens with zero attached hydrogens (tertiary/aromatic N) is 1. The lowest BCUT2D eigenvalue weighted by Crippen LogP contribution is -2.21. The standard InChI is InChI=1S/C17H10ClFN2O5S/c18-10-1-3-13(21(24)25)12(7-10)20-16(22)8-26-17(23)15-6-9-5-11(19)2-4-14(9)27-15/h1-7H,8H2,(H,20,22). The number of benzene rings is 2. The van der Waals surface area contributed by atoms with Crippen LogP contribution in [0.4, 0.5) is 15.8 Å². The Morgan fingerprint density at radius 2 is 2.00 bits per heavy atom. The minimum absolute atomic E-state index is 0.106. The van der Waals surface area contributed by atoms with E-state index < -0.39 is 29.2 Å². The molecule has 27 heavy (non-hydrogen) atoms. The van der Waals surface area contributed by atoms with Crippen molar-refractivity contribution in [1.82, 2.24) is 0 Å². The average molecular weight is 409 g/mol. The summed E-state index contributed by atoms with van der Waals surface area (Å²) in [7, 11) is 0. The van der Waals surface area contributed by atoms with Gasteiger partial charge in [0.1, 0.15) is 16.4 Å². The molecular weight excluding hydrogens is 399 g/mol. The second kappa shape index (κ2) is 7.68. The number of fused-ring (bicyclic) bond motifs is 1. The molecule has 0 saturated heterocycles. The van der Waals surface area contributed by atoms with E-state index in [4.69, 9.17) is 16.3 Å². The van der Waals surface area contributed by atoms with Crippen LogP contribution in [0.2, 0.25) is 5.02 Å². The third-order valence-corrected chi connectivity index (χ3v) is 4.77. The highest BCUT2D eigenvalue weighted by Gasteiger charge is 2.18. The van der Waals surface area contributed by atoms with Crippen molar-refractivity contribution in [2.45, 2.75) is 0 Å². The minimum atomic E-state index is -0.763. The monoisotopic (exact) mass is 408 g/mol. The Kier molecular flexibility index (Phi) is 5.33. The SMILES string of the molecule is O=C(COC(=O)c1cc2cc(F)ccc2s1)Nc1cc(Cl)ccc1[N+](=O)[O-]. The highest BCUT2D eigenvalue weighted by Crippen LogP contribution is 2.28. The first-order chi connectivity index (χ1) is 12.8. The van der Waals surface area contributed by atoms with Crippen LogP contribution in [0.5, 0.6) is 0 Å². The van der Waals surface area contributed by atoms with Crippen LogP contribution >= 0.6 is 22.9 Å². The van der Waals surface area contributed by atoms with Crippen molar-refractivity contribution in [1.29, 1.82) is 0 Å². The summed E-state index contributed by atoms with van der Waals surface area (Å²) in [5.41, 5.74) is -0.448. The lowest BCUT2D eigenvalue weighted by atomic mass is 10.2. The van der Waals surface area contributed by atoms with Gasteiger partial charge in [-0.25, -0.2) is 9.18 Å². The van der Waals surface area contributed by atoms with Gasteiger partial charge in [-0.15, -0.1) is 11.3 Å². The Bertz CT molecular complexity index is 1070. The number of carbonyl (C=O) groups is 2. The van der Waals surface area contributed by atoms with Gasteiger partial charge in [-0.1, -0.05) is 11.6 Å². The third-order valence-electron chi connectivity index (χ3n) is 3.44. The second-order valence-corrected chi connectivity index (χ2v) is 6.86. The van der Waals surface area contributed by atoms with Crippen LogP contribution in [0.3, 0.4) is 0 Å². The summed E-state index contributed by atoms with van der Waals surface area (Å²) in [6.45, 7) is -0.648. The lowest BCUT2D eigenvalue weighted by Gasteiger charge is -2.07. The van der Waals surface area contributed by atoms with E-state index in [0.717, 1.165) is 17.4 Å². The molecule has 0 spiro atoms. The van der Waals surface area contributed by atoms with E-state index in [9.17, 15) is 24.1 Å². The van der Waals surface area contributed by atoms with Gasteiger partial charge in [-0.2, -0.15) is 0 Å². The van der Waals surface area contributed by atoms with Gasteiger partial charge < -0.3 is 10.1 Å². The van der Waals surface area contributed by atoms with Gasteiger partial charge in [0.2, 0.25) is 0 Å². The fourth-order valence-electron chi connectivity index (χ4n) is 2.27. The zero-order valence-electron chi connectivity index (χ0n) is 13.4. The number of rotatable bonds is 5. The molecule has 0 fully saturated rings. The van der Waals surface area contributed by atoms with Crippen molar-refractivity contribution < 1.29 is 23.6 Å². The number of hydrogen-bond acceptors (Lipinski definition) is 6. The highest BCUT2D eigenvalue weighted by atomic mass is 35.5. The van der Waals surface area contributed by atoms with E-state index in [1.807, 2.05) is 0 Å². The molecule has 2 aromatic carbocycles. The topological polar surface area (TPSA) is 98.5 Å². The highest BCUT2D eigenvalue weighted by molar-refractivity contribution is 7.20. The number of nitro groups is 1. The maximum absolute atomic E-state index is 13.2. The number of ether oxygens (including phenoxy) is 1. The molecule has 1 amide bonds. The van der Waals surface area contributed by atoms with E-state index in [1.54, 1.807) is 0 Å². The van der Waals surface area contributed by atoms with E-state index in [1.165, 1.54) is 36.4 Å². The summed E-state index contributed by atoms with van der Waals surface area (Å²) in [6.07, 6.45) is 0. The van der Waals surface area contributed by atoms with E-state index in [2.05, 4.69) is 5.32 Å². The summed E-state index contributed by atoms with van der Waals surface area (Å²) in [4.78, 5) is 34.5. The fourth-order valence-corrected chi connectivity index (χ4v) is 3.38. The molecule has 0 saturated carbocycles. The lowest BCUT2D eigenvalue weighted by molar-refractivity contribution is -0.383. The van der Waals surface area contributed by atoms with Gasteiger partial charge in [0.05, 0.1) is 4.92 Å². The number of hydrogen-bond donors (Lipinski definition) is 1. The summed E-state index contributed by atoms with van der Waals surface area (Å²) in [5, 5.41) is 14.0. The van der Waals surface area contributed by atoms with Gasteiger partial charge >= 0.3 is 5.97 Å². The number of halogens is 2. The van der Waals surface area contributed by atoms with Crippen molar-refractivity contribution >= 4 is 56.3 Å². The number of esters is 1. The van der Waals surface area contributed by atoms with Crippen LogP contribution in [0.1, 0.15) is 9.67 Å². The summed E-state index contributed by atoms with van der Waals surface area (Å²) >= 11 is 6.88. The Balaban J connectivity index is 1.65. The van der Waals surface area contributed by atoms with E-state index in [0.29, 0.717) is 10.1 Å². The average Bonchev–Trinajstić information content (AvgIpc) is 3.02. The predicted molar refractivity (Wildman–Crippen MR) is 98.8 cm³/mol. The van der Waals surface area contributed by atoms with Gasteiger partial charge in [-0.3, -0.25) is 14.9 Å². The molecule has 10 heteroatoms. The first-order valence-electron chi connectivity index (χ1n) is 7.43. The van der Waals surface area contributed by atoms with Crippen molar-refractivity contribution in [3.05, 3.63) is 68.3 Å². The molecule has 0 unspecified atom stereocenters. The Morgan fingerprint density at radius 1 is 1.22 bits per heavy atom. The number of anilines is 1. The summed E-state index contributed by atoms with van der Waals surface area (Å²) in [6, 6.07) is 9.26. The molecular formula is C17H10ClFN2O5S. The maximum atomic E-state index is 13.2. The van der Waals surface area contributed by atoms with Gasteiger partial charge in [-0.05, 0) is 41.8 Å². The number of thiophene rings is 1. The molecule has 3 aromatic rings. The normalized spacial score (nSPS) is 10.6. The van der Waals surface area contributed by atoms with Crippen molar-refractivity contribution in [3.8, 4) is 0 Å². The maximum Gasteiger partial charge on any atom is 0.348 e. The third kappa shape index (κ3) is 4.39. The molecule has 1 N–H and O–H groups in total. The fraction of sp³-hybridized carbons (Fsp3) is 0.0588. The van der Waals surface area contributed by atoms with Gasteiger partial charge in [0, 0.05) is 15.8 Å². The van der Waals surface area contributed by atoms with Crippen LogP contribution in [0.15, 0.2) is 42.5 Å². The molecule has 0 atom stereocenters. The number of amides is 1. The van der Waals surface area contributed by atoms with E-state index in [-0.39, 0.29) is 21.3 Å². The summed E-state index contributed by atoms with van der Waals surface area (Å²) < 4.78 is 18.8. The summed E-state index contributed by atoms with van der Waals surface area (Å²) in [5.74, 6) is -1.95. The molecule has 138 valence electrons. The Morgan fingerprint density at radius 3 is 2.74 bits per heavy atom. The van der Waals surface area contributed by atoms with Crippen molar-refractivity contribution in [2.75, 3.05) is 11.9 Å². The smallest absolute Gasteiger partial charge is 0.348 e.